The Morgan fingerprint density at radius 3 is 2.07 bits per heavy atom. The largest absolute Gasteiger partial charge is 0.449 e. The van der Waals surface area contributed by atoms with E-state index >= 15 is 0 Å². The maximum Gasteiger partial charge on any atom is 0.338 e. The molecule has 29 heavy (non-hydrogen) atoms. The second-order valence-corrected chi connectivity index (χ2v) is 9.51. The highest BCUT2D eigenvalue weighted by Crippen LogP contribution is 2.23. The number of nitrogens with one attached hydrogen (secondary N) is 1. The number of benzene rings is 2. The molecular formula is C21H26N2O5S. The number of amides is 1. The van der Waals surface area contributed by atoms with Gasteiger partial charge in [-0.05, 0) is 47.7 Å². The smallest absolute Gasteiger partial charge is 0.338 e. The van der Waals surface area contributed by atoms with Crippen LogP contribution in [0.3, 0.4) is 0 Å². The van der Waals surface area contributed by atoms with Gasteiger partial charge < -0.3 is 10.5 Å². The van der Waals surface area contributed by atoms with E-state index in [9.17, 15) is 18.0 Å². The molecular weight excluding hydrogens is 392 g/mol. The lowest BCUT2D eigenvalue weighted by Gasteiger charge is -2.19. The van der Waals surface area contributed by atoms with Crippen molar-refractivity contribution in [2.45, 2.75) is 50.7 Å². The topological polar surface area (TPSA) is 116 Å². The molecule has 0 aromatic heterocycles. The Balaban J connectivity index is 2.02. The molecule has 0 heterocycles. The van der Waals surface area contributed by atoms with E-state index in [1.165, 1.54) is 19.1 Å². The van der Waals surface area contributed by atoms with Crippen LogP contribution in [0.2, 0.25) is 0 Å². The van der Waals surface area contributed by atoms with Crippen LogP contribution in [0.15, 0.2) is 53.4 Å². The Morgan fingerprint density at radius 1 is 1.03 bits per heavy atom. The van der Waals surface area contributed by atoms with Crippen molar-refractivity contribution < 1.29 is 22.7 Å². The second kappa shape index (κ2) is 8.75. The molecule has 0 spiro atoms. The predicted octanol–water partition coefficient (Wildman–Crippen LogP) is 2.49. The summed E-state index contributed by atoms with van der Waals surface area (Å²) in [5.41, 5.74) is 6.95. The maximum atomic E-state index is 12.5. The molecule has 1 atom stereocenters. The minimum atomic E-state index is -3.67. The van der Waals surface area contributed by atoms with Gasteiger partial charge in [-0.3, -0.25) is 4.79 Å². The van der Waals surface area contributed by atoms with Gasteiger partial charge in [-0.25, -0.2) is 17.9 Å². The first-order valence-corrected chi connectivity index (χ1v) is 10.6. The van der Waals surface area contributed by atoms with Crippen LogP contribution < -0.4 is 10.5 Å². The zero-order valence-corrected chi connectivity index (χ0v) is 17.7. The highest BCUT2D eigenvalue weighted by molar-refractivity contribution is 7.89. The molecule has 3 N–H and O–H groups in total. The van der Waals surface area contributed by atoms with E-state index in [2.05, 4.69) is 25.5 Å². The minimum absolute atomic E-state index is 0.0617. The van der Waals surface area contributed by atoms with Crippen LogP contribution in [0, 0.1) is 0 Å². The molecule has 0 saturated heterocycles. The number of hydrogen-bond donors (Lipinski definition) is 2. The van der Waals surface area contributed by atoms with Crippen molar-refractivity contribution in [2.24, 2.45) is 5.73 Å². The SMILES string of the molecule is CC(OC(=O)c1ccc(CNS(=O)(=O)c2ccc(C(C)(C)C)cc2)cc1)C(N)=O. The first-order chi connectivity index (χ1) is 13.4. The number of sulfonamides is 1. The monoisotopic (exact) mass is 418 g/mol. The van der Waals surface area contributed by atoms with Crippen molar-refractivity contribution in [1.82, 2.24) is 4.72 Å². The van der Waals surface area contributed by atoms with E-state index in [1.807, 2.05) is 12.1 Å². The molecule has 7 nitrogen and oxygen atoms in total. The van der Waals surface area contributed by atoms with Gasteiger partial charge in [0.05, 0.1) is 10.5 Å². The molecule has 0 saturated carbocycles. The molecule has 1 unspecified atom stereocenters. The van der Waals surface area contributed by atoms with Gasteiger partial charge in [-0.2, -0.15) is 0 Å². The zero-order chi connectivity index (χ0) is 21.8. The predicted molar refractivity (Wildman–Crippen MR) is 110 cm³/mol. The lowest BCUT2D eigenvalue weighted by molar-refractivity contribution is -0.125. The van der Waals surface area contributed by atoms with Crippen LogP contribution in [-0.4, -0.2) is 26.4 Å². The van der Waals surface area contributed by atoms with Gasteiger partial charge in [0, 0.05) is 6.54 Å². The van der Waals surface area contributed by atoms with Crippen LogP contribution >= 0.6 is 0 Å². The molecule has 8 heteroatoms. The summed E-state index contributed by atoms with van der Waals surface area (Å²) in [7, 11) is -3.67. The van der Waals surface area contributed by atoms with Crippen molar-refractivity contribution in [3.8, 4) is 0 Å². The number of carbonyl (C=O) groups excluding carboxylic acids is 2. The van der Waals surface area contributed by atoms with Gasteiger partial charge in [0.15, 0.2) is 6.10 Å². The molecule has 1 amide bonds. The average Bonchev–Trinajstić information content (AvgIpc) is 2.66. The van der Waals surface area contributed by atoms with Crippen molar-refractivity contribution in [3.05, 3.63) is 65.2 Å². The first kappa shape index (κ1) is 22.6. The van der Waals surface area contributed by atoms with Gasteiger partial charge in [0.1, 0.15) is 0 Å². The fraction of sp³-hybridized carbons (Fsp3) is 0.333. The third-order valence-corrected chi connectivity index (χ3v) is 5.79. The third-order valence-electron chi connectivity index (χ3n) is 4.37. The summed E-state index contributed by atoms with van der Waals surface area (Å²) in [6, 6.07) is 13.0. The van der Waals surface area contributed by atoms with Crippen LogP contribution in [0.5, 0.6) is 0 Å². The number of carbonyl (C=O) groups is 2. The zero-order valence-electron chi connectivity index (χ0n) is 16.9. The van der Waals surface area contributed by atoms with E-state index in [4.69, 9.17) is 10.5 Å². The van der Waals surface area contributed by atoms with Crippen molar-refractivity contribution in [3.63, 3.8) is 0 Å². The lowest BCUT2D eigenvalue weighted by Crippen LogP contribution is -2.30. The molecule has 0 aliphatic rings. The molecule has 0 fully saturated rings. The molecule has 0 aliphatic heterocycles. The van der Waals surface area contributed by atoms with Crippen molar-refractivity contribution in [1.29, 1.82) is 0 Å². The molecule has 0 radical (unpaired) electrons. The normalized spacial score (nSPS) is 13.0. The third kappa shape index (κ3) is 6.13. The second-order valence-electron chi connectivity index (χ2n) is 7.75. The lowest BCUT2D eigenvalue weighted by atomic mass is 9.87. The van der Waals surface area contributed by atoms with Crippen LogP contribution in [0.1, 0.15) is 49.2 Å². The van der Waals surface area contributed by atoms with Gasteiger partial charge in [-0.15, -0.1) is 0 Å². The molecule has 0 aliphatic carbocycles. The minimum Gasteiger partial charge on any atom is -0.449 e. The van der Waals surface area contributed by atoms with E-state index < -0.39 is 28.0 Å². The van der Waals surface area contributed by atoms with Crippen molar-refractivity contribution in [2.75, 3.05) is 0 Å². The fourth-order valence-corrected chi connectivity index (χ4v) is 3.46. The summed E-state index contributed by atoms with van der Waals surface area (Å²) < 4.78 is 32.5. The number of rotatable bonds is 7. The molecule has 2 rings (SSSR count). The summed E-state index contributed by atoms with van der Waals surface area (Å²) in [6.45, 7) is 7.63. The quantitative estimate of drug-likeness (QED) is 0.670. The summed E-state index contributed by atoms with van der Waals surface area (Å²) in [4.78, 5) is 23.1. The Kier molecular flexibility index (Phi) is 6.81. The number of esters is 1. The standard InChI is InChI=1S/C21H26N2O5S/c1-14(19(22)24)28-20(25)16-7-5-15(6-8-16)13-23-29(26,27)18-11-9-17(10-12-18)21(2,3)4/h5-12,14,23H,13H2,1-4H3,(H2,22,24). The summed E-state index contributed by atoms with van der Waals surface area (Å²) in [5, 5.41) is 0. The first-order valence-electron chi connectivity index (χ1n) is 9.09. The van der Waals surface area contributed by atoms with Crippen LogP contribution in [0.25, 0.3) is 0 Å². The maximum absolute atomic E-state index is 12.5. The highest BCUT2D eigenvalue weighted by atomic mass is 32.2. The van der Waals surface area contributed by atoms with E-state index in [-0.39, 0.29) is 22.4 Å². The Morgan fingerprint density at radius 2 is 1.59 bits per heavy atom. The molecule has 2 aromatic rings. The summed E-state index contributed by atoms with van der Waals surface area (Å²) in [6.07, 6.45) is -1.03. The molecule has 2 aromatic carbocycles. The molecule has 156 valence electrons. The highest BCUT2D eigenvalue weighted by Gasteiger charge is 2.18. The van der Waals surface area contributed by atoms with Gasteiger partial charge in [0.25, 0.3) is 5.91 Å². The summed E-state index contributed by atoms with van der Waals surface area (Å²) >= 11 is 0. The summed E-state index contributed by atoms with van der Waals surface area (Å²) in [5.74, 6) is -1.41. The Hall–Kier alpha value is -2.71. The van der Waals surface area contributed by atoms with E-state index in [0.29, 0.717) is 5.56 Å². The van der Waals surface area contributed by atoms with E-state index in [1.54, 1.807) is 24.3 Å². The van der Waals surface area contributed by atoms with Gasteiger partial charge in [0.2, 0.25) is 10.0 Å². The Bertz CT molecular complexity index is 975. The number of ether oxygens (including phenoxy) is 1. The fourth-order valence-electron chi connectivity index (χ4n) is 2.44. The van der Waals surface area contributed by atoms with Gasteiger partial charge >= 0.3 is 5.97 Å². The van der Waals surface area contributed by atoms with Crippen LogP contribution in [-0.2, 0) is 31.5 Å². The molecule has 0 bridgehead atoms. The number of hydrogen-bond acceptors (Lipinski definition) is 5. The average molecular weight is 419 g/mol. The number of nitrogens with two attached hydrogens (primary N) is 1. The Labute approximate surface area is 171 Å². The van der Waals surface area contributed by atoms with Crippen molar-refractivity contribution >= 4 is 21.9 Å². The van der Waals surface area contributed by atoms with E-state index in [0.717, 1.165) is 5.56 Å². The van der Waals surface area contributed by atoms with Crippen LogP contribution in [0.4, 0.5) is 0 Å². The number of primary amides is 1. The van der Waals surface area contributed by atoms with Gasteiger partial charge in [-0.1, -0.05) is 45.0 Å².